The average Bonchev–Trinajstić information content (AvgIpc) is 3.39. The van der Waals surface area contributed by atoms with Crippen LogP contribution in [-0.4, -0.2) is 50.9 Å². The lowest BCUT2D eigenvalue weighted by atomic mass is 9.87. The zero-order valence-corrected chi connectivity index (χ0v) is 18.9. The molecule has 10 heteroatoms. The van der Waals surface area contributed by atoms with Crippen molar-refractivity contribution in [1.29, 1.82) is 0 Å². The van der Waals surface area contributed by atoms with Gasteiger partial charge in [0.15, 0.2) is 12.0 Å². The fourth-order valence-electron chi connectivity index (χ4n) is 4.58. The van der Waals surface area contributed by atoms with Crippen LogP contribution in [0.15, 0.2) is 48.0 Å². The summed E-state index contributed by atoms with van der Waals surface area (Å²) in [5, 5.41) is 16.9. The summed E-state index contributed by atoms with van der Waals surface area (Å²) in [4.78, 5) is 12.3. The Balaban J connectivity index is 1.58. The van der Waals surface area contributed by atoms with Crippen LogP contribution in [0.2, 0.25) is 5.02 Å². The molecule has 3 aromatic rings. The number of fused-ring (bicyclic) bond motifs is 2. The number of hydrogen-bond donors (Lipinski definition) is 2. The van der Waals surface area contributed by atoms with E-state index in [9.17, 15) is 5.11 Å². The van der Waals surface area contributed by atoms with Crippen LogP contribution >= 0.6 is 11.6 Å². The van der Waals surface area contributed by atoms with E-state index in [0.717, 1.165) is 11.0 Å². The lowest BCUT2D eigenvalue weighted by Gasteiger charge is -2.34. The summed E-state index contributed by atoms with van der Waals surface area (Å²) in [5.74, 6) is -0.823. The molecule has 0 amide bonds. The average molecular weight is 461 g/mol. The van der Waals surface area contributed by atoms with E-state index in [0.29, 0.717) is 16.1 Å². The molecular formula is C22H25ClN4O5. The zero-order chi connectivity index (χ0) is 22.7. The van der Waals surface area contributed by atoms with Gasteiger partial charge < -0.3 is 33.7 Å². The Morgan fingerprint density at radius 3 is 2.66 bits per heavy atom. The van der Waals surface area contributed by atoms with Crippen molar-refractivity contribution >= 4 is 22.6 Å². The second-order valence-electron chi connectivity index (χ2n) is 8.65. The molecule has 2 N–H and O–H groups in total. The molecule has 0 aliphatic carbocycles. The minimum Gasteiger partial charge on any atom is -0.397 e. The lowest BCUT2D eigenvalue weighted by molar-refractivity contribution is -0.221. The predicted molar refractivity (Wildman–Crippen MR) is 115 cm³/mol. The third-order valence-electron chi connectivity index (χ3n) is 6.01. The van der Waals surface area contributed by atoms with Crippen LogP contribution in [0.5, 0.6) is 0 Å². The molecule has 2 fully saturated rings. The number of rotatable bonds is 4. The molecule has 1 aromatic carbocycles. The molecular weight excluding hydrogens is 436 g/mol. The molecule has 5 atom stereocenters. The summed E-state index contributed by atoms with van der Waals surface area (Å²) in [6, 6.07) is 8.94. The van der Waals surface area contributed by atoms with Crippen molar-refractivity contribution in [2.45, 2.75) is 56.7 Å². The largest absolute Gasteiger partial charge is 0.397 e. The van der Waals surface area contributed by atoms with Gasteiger partial charge in [0.25, 0.3) is 0 Å². The maximum absolute atomic E-state index is 11.6. The first-order valence-electron chi connectivity index (χ1n) is 10.3. The number of benzene rings is 1. The molecule has 2 saturated heterocycles. The van der Waals surface area contributed by atoms with Crippen molar-refractivity contribution in [3.05, 3.63) is 58.9 Å². The van der Waals surface area contributed by atoms with Gasteiger partial charge in [-0.3, -0.25) is 0 Å². The van der Waals surface area contributed by atoms with Crippen LogP contribution in [-0.2, 0) is 24.6 Å². The number of ether oxygens (including phenoxy) is 3. The second kappa shape index (κ2) is 7.57. The SMILES string of the molecule is CON=c1nc[nH]c2c1ccn2[C@@H]1O[C@H](C(C)(O)c2ccc(Cl)cc2)[C@H]2OC(C)(C)O[C@H]21. The Kier molecular flexibility index (Phi) is 5.06. The fraction of sp³-hybridized carbons (Fsp3) is 0.455. The Morgan fingerprint density at radius 1 is 1.22 bits per heavy atom. The number of aromatic nitrogens is 3. The van der Waals surface area contributed by atoms with Crippen molar-refractivity contribution in [2.24, 2.45) is 5.16 Å². The second-order valence-corrected chi connectivity index (χ2v) is 9.09. The van der Waals surface area contributed by atoms with E-state index >= 15 is 0 Å². The highest BCUT2D eigenvalue weighted by Gasteiger charge is 2.60. The van der Waals surface area contributed by atoms with Crippen LogP contribution in [0.1, 0.15) is 32.6 Å². The molecule has 2 aliphatic rings. The maximum Gasteiger partial charge on any atom is 0.203 e. The van der Waals surface area contributed by atoms with E-state index in [2.05, 4.69) is 15.1 Å². The van der Waals surface area contributed by atoms with Crippen LogP contribution in [0.3, 0.4) is 0 Å². The quantitative estimate of drug-likeness (QED) is 0.580. The molecule has 9 nitrogen and oxygen atoms in total. The Labute approximate surface area is 189 Å². The number of nitrogens with one attached hydrogen (secondary N) is 1. The molecule has 32 heavy (non-hydrogen) atoms. The molecule has 0 spiro atoms. The number of hydrogen-bond acceptors (Lipinski definition) is 7. The summed E-state index contributed by atoms with van der Waals surface area (Å²) in [6.45, 7) is 5.43. The summed E-state index contributed by atoms with van der Waals surface area (Å²) in [7, 11) is 1.47. The highest BCUT2D eigenvalue weighted by Crippen LogP contribution is 2.48. The minimum atomic E-state index is -1.35. The Morgan fingerprint density at radius 2 is 1.94 bits per heavy atom. The van der Waals surface area contributed by atoms with E-state index in [1.54, 1.807) is 37.5 Å². The van der Waals surface area contributed by atoms with E-state index < -0.39 is 35.9 Å². The first-order valence-corrected chi connectivity index (χ1v) is 10.7. The fourth-order valence-corrected chi connectivity index (χ4v) is 4.71. The molecule has 2 aromatic heterocycles. The van der Waals surface area contributed by atoms with Gasteiger partial charge in [-0.15, -0.1) is 0 Å². The predicted octanol–water partition coefficient (Wildman–Crippen LogP) is 2.81. The van der Waals surface area contributed by atoms with E-state index in [1.807, 2.05) is 30.7 Å². The summed E-state index contributed by atoms with van der Waals surface area (Å²) >= 11 is 6.04. The van der Waals surface area contributed by atoms with Gasteiger partial charge in [0.05, 0.1) is 11.7 Å². The van der Waals surface area contributed by atoms with E-state index in [4.69, 9.17) is 30.6 Å². The van der Waals surface area contributed by atoms with Crippen LogP contribution in [0, 0.1) is 0 Å². The van der Waals surface area contributed by atoms with Gasteiger partial charge in [-0.1, -0.05) is 28.9 Å². The van der Waals surface area contributed by atoms with Gasteiger partial charge in [0.1, 0.15) is 36.7 Å². The molecule has 1 unspecified atom stereocenters. The van der Waals surface area contributed by atoms with E-state index in [-0.39, 0.29) is 0 Å². The van der Waals surface area contributed by atoms with Crippen molar-refractivity contribution < 1.29 is 24.2 Å². The number of halogens is 1. The smallest absolute Gasteiger partial charge is 0.203 e. The summed E-state index contributed by atoms with van der Waals surface area (Å²) < 4.78 is 20.8. The minimum absolute atomic E-state index is 0.447. The van der Waals surface area contributed by atoms with Gasteiger partial charge in [0, 0.05) is 11.2 Å². The summed E-state index contributed by atoms with van der Waals surface area (Å²) in [5.41, 5.74) is 0.508. The number of H-pyrrole nitrogens is 1. The van der Waals surface area contributed by atoms with Gasteiger partial charge in [-0.25, -0.2) is 4.98 Å². The molecule has 170 valence electrons. The zero-order valence-electron chi connectivity index (χ0n) is 18.2. The van der Waals surface area contributed by atoms with Crippen molar-refractivity contribution in [3.8, 4) is 0 Å². The highest BCUT2D eigenvalue weighted by atomic mass is 35.5. The number of nitrogens with zero attached hydrogens (tertiary/aromatic N) is 3. The molecule has 2 aliphatic heterocycles. The topological polar surface area (TPSA) is 103 Å². The van der Waals surface area contributed by atoms with Crippen LogP contribution in [0.25, 0.3) is 11.0 Å². The standard InChI is InChI=1S/C22H25ClN4O5/c1-21(2)31-15-16(32-21)20(27-10-9-14-18(26-29-4)24-11-25-19(14)27)30-17(15)22(3,28)12-5-7-13(23)8-6-12/h5-11,15-17,20,28H,1-4H3,(H,24,25,26)/t15-,16+,17-,20+,22?/m0/s1. The highest BCUT2D eigenvalue weighted by molar-refractivity contribution is 6.30. The van der Waals surface area contributed by atoms with Crippen LogP contribution in [0.4, 0.5) is 0 Å². The number of aliphatic hydroxyl groups is 1. The molecule has 4 heterocycles. The Bertz CT molecular complexity index is 1200. The van der Waals surface area contributed by atoms with Gasteiger partial charge in [-0.05, 0) is 44.5 Å². The molecule has 5 rings (SSSR count). The molecule has 0 radical (unpaired) electrons. The normalized spacial score (nSPS) is 29.2. The Hall–Kier alpha value is -2.43. The van der Waals surface area contributed by atoms with Gasteiger partial charge >= 0.3 is 0 Å². The van der Waals surface area contributed by atoms with E-state index in [1.165, 1.54) is 7.11 Å². The number of aromatic amines is 1. The maximum atomic E-state index is 11.6. The van der Waals surface area contributed by atoms with Crippen molar-refractivity contribution in [3.63, 3.8) is 0 Å². The molecule has 0 saturated carbocycles. The monoisotopic (exact) mass is 460 g/mol. The first-order chi connectivity index (χ1) is 15.2. The third-order valence-corrected chi connectivity index (χ3v) is 6.26. The lowest BCUT2D eigenvalue weighted by Crippen LogP contribution is -2.45. The van der Waals surface area contributed by atoms with Crippen LogP contribution < -0.4 is 5.49 Å². The first kappa shape index (κ1) is 21.4. The van der Waals surface area contributed by atoms with Gasteiger partial charge in [0.2, 0.25) is 5.49 Å². The van der Waals surface area contributed by atoms with Gasteiger partial charge in [-0.2, -0.15) is 0 Å². The third kappa shape index (κ3) is 3.41. The van der Waals surface area contributed by atoms with Crippen molar-refractivity contribution in [1.82, 2.24) is 14.5 Å². The molecule has 0 bridgehead atoms. The van der Waals surface area contributed by atoms with Crippen molar-refractivity contribution in [2.75, 3.05) is 7.11 Å². The summed E-state index contributed by atoms with van der Waals surface area (Å²) in [6.07, 6.45) is 1.21.